The van der Waals surface area contributed by atoms with Crippen LogP contribution in [0, 0.1) is 5.92 Å². The van der Waals surface area contributed by atoms with Crippen molar-refractivity contribution in [2.24, 2.45) is 5.92 Å². The lowest BCUT2D eigenvalue weighted by molar-refractivity contribution is -0.169. The van der Waals surface area contributed by atoms with E-state index in [1.54, 1.807) is 16.8 Å². The first-order valence-electron chi connectivity index (χ1n) is 9.79. The van der Waals surface area contributed by atoms with E-state index in [1.807, 2.05) is 0 Å². The van der Waals surface area contributed by atoms with E-state index in [1.165, 1.54) is 12.4 Å². The summed E-state index contributed by atoms with van der Waals surface area (Å²) in [5.74, 6) is -0.298. The van der Waals surface area contributed by atoms with E-state index in [2.05, 4.69) is 20.3 Å². The van der Waals surface area contributed by atoms with Crippen molar-refractivity contribution in [3.05, 3.63) is 29.8 Å². The molecule has 0 bridgehead atoms. The van der Waals surface area contributed by atoms with Gasteiger partial charge in [0.2, 0.25) is 5.91 Å². The molecule has 2 amide bonds. The Labute approximate surface area is 178 Å². The van der Waals surface area contributed by atoms with E-state index < -0.39 is 18.1 Å². The van der Waals surface area contributed by atoms with E-state index in [-0.39, 0.29) is 29.8 Å². The zero-order valence-electron chi connectivity index (χ0n) is 16.1. The van der Waals surface area contributed by atoms with Gasteiger partial charge in [0.1, 0.15) is 6.04 Å². The van der Waals surface area contributed by atoms with Gasteiger partial charge in [-0.2, -0.15) is 13.2 Å². The molecule has 4 heterocycles. The van der Waals surface area contributed by atoms with Crippen LogP contribution in [0.4, 0.5) is 19.0 Å². The second-order valence-corrected chi connectivity index (χ2v) is 8.69. The molecule has 12 heteroatoms. The fraction of sp³-hybridized carbons (Fsp3) is 0.421. The monoisotopic (exact) mass is 450 g/mol. The zero-order valence-corrected chi connectivity index (χ0v) is 16.9. The molecule has 1 aliphatic carbocycles. The van der Waals surface area contributed by atoms with Gasteiger partial charge in [-0.05, 0) is 25.7 Å². The van der Waals surface area contributed by atoms with Crippen LogP contribution in [-0.4, -0.2) is 54.8 Å². The van der Waals surface area contributed by atoms with Crippen molar-refractivity contribution >= 4 is 34.6 Å². The zero-order chi connectivity index (χ0) is 21.8. The molecule has 0 spiro atoms. The molecule has 8 nitrogen and oxygen atoms in total. The number of rotatable bonds is 4. The predicted molar refractivity (Wildman–Crippen MR) is 106 cm³/mol. The largest absolute Gasteiger partial charge is 0.408 e. The summed E-state index contributed by atoms with van der Waals surface area (Å²) in [7, 11) is 0. The van der Waals surface area contributed by atoms with Gasteiger partial charge in [-0.3, -0.25) is 9.59 Å². The van der Waals surface area contributed by atoms with Crippen LogP contribution in [0.15, 0.2) is 24.8 Å². The number of thiazole rings is 1. The van der Waals surface area contributed by atoms with Crippen molar-refractivity contribution in [1.82, 2.24) is 24.3 Å². The third-order valence-electron chi connectivity index (χ3n) is 5.37. The SMILES string of the molecule is O=C(Nc1cn2cc(-c3cnc(C(=O)N4CCCC4C(F)(F)F)s3)ncc2n1)C1CC1. The smallest absolute Gasteiger partial charge is 0.324 e. The van der Waals surface area contributed by atoms with Gasteiger partial charge in [0.15, 0.2) is 16.5 Å². The van der Waals surface area contributed by atoms with E-state index in [0.29, 0.717) is 28.5 Å². The third-order valence-corrected chi connectivity index (χ3v) is 6.38. The molecule has 1 saturated heterocycles. The lowest BCUT2D eigenvalue weighted by Crippen LogP contribution is -2.44. The summed E-state index contributed by atoms with van der Waals surface area (Å²) < 4.78 is 41.2. The Morgan fingerprint density at radius 2 is 1.94 bits per heavy atom. The van der Waals surface area contributed by atoms with Crippen LogP contribution in [0.25, 0.3) is 16.2 Å². The Morgan fingerprint density at radius 1 is 1.13 bits per heavy atom. The number of nitrogens with zero attached hydrogens (tertiary/aromatic N) is 5. The number of alkyl halides is 3. The molecule has 2 aliphatic rings. The number of carbonyl (C=O) groups is 2. The summed E-state index contributed by atoms with van der Waals surface area (Å²) in [4.78, 5) is 38.6. The van der Waals surface area contributed by atoms with Gasteiger partial charge in [0.25, 0.3) is 5.91 Å². The average molecular weight is 450 g/mol. The molecular formula is C19H17F3N6O2S. The molecule has 2 fully saturated rings. The van der Waals surface area contributed by atoms with E-state index in [9.17, 15) is 22.8 Å². The van der Waals surface area contributed by atoms with Crippen LogP contribution in [0.2, 0.25) is 0 Å². The first-order chi connectivity index (χ1) is 14.8. The highest BCUT2D eigenvalue weighted by atomic mass is 32.1. The highest BCUT2D eigenvalue weighted by Crippen LogP contribution is 2.35. The minimum Gasteiger partial charge on any atom is -0.324 e. The van der Waals surface area contributed by atoms with E-state index >= 15 is 0 Å². The number of fused-ring (bicyclic) bond motifs is 1. The van der Waals surface area contributed by atoms with Crippen molar-refractivity contribution in [3.8, 4) is 10.6 Å². The van der Waals surface area contributed by atoms with Gasteiger partial charge in [-0.15, -0.1) is 11.3 Å². The van der Waals surface area contributed by atoms with Crippen LogP contribution in [0.5, 0.6) is 0 Å². The predicted octanol–water partition coefficient (Wildman–Crippen LogP) is 3.37. The van der Waals surface area contributed by atoms with Crippen LogP contribution >= 0.6 is 11.3 Å². The fourth-order valence-corrected chi connectivity index (χ4v) is 4.46. The molecule has 162 valence electrons. The summed E-state index contributed by atoms with van der Waals surface area (Å²) in [5, 5.41) is 2.76. The lowest BCUT2D eigenvalue weighted by atomic mass is 10.2. The molecule has 1 N–H and O–H groups in total. The second-order valence-electron chi connectivity index (χ2n) is 7.66. The van der Waals surface area contributed by atoms with E-state index in [4.69, 9.17) is 0 Å². The standard InChI is InChI=1S/C19H17F3N6O2S/c20-19(21,22)13-2-1-5-28(13)18(30)17-24-6-12(31-17)11-8-27-9-14(25-15(27)7-23-11)26-16(29)10-3-4-10/h6-10,13H,1-5H2,(H,26,29). The molecule has 1 aliphatic heterocycles. The Kier molecular flexibility index (Phi) is 4.68. The number of nitrogens with one attached hydrogen (secondary N) is 1. The van der Waals surface area contributed by atoms with Gasteiger partial charge >= 0.3 is 6.18 Å². The van der Waals surface area contributed by atoms with Crippen molar-refractivity contribution in [2.75, 3.05) is 11.9 Å². The number of hydrogen-bond acceptors (Lipinski definition) is 6. The Balaban J connectivity index is 1.36. The number of aromatic nitrogens is 4. The number of imidazole rings is 1. The molecule has 31 heavy (non-hydrogen) atoms. The summed E-state index contributed by atoms with van der Waals surface area (Å²) in [6, 6.07) is -1.77. The average Bonchev–Trinajstić information content (AvgIpc) is 3.13. The molecule has 3 aromatic heterocycles. The molecule has 0 radical (unpaired) electrons. The molecule has 0 aromatic carbocycles. The van der Waals surface area contributed by atoms with Gasteiger partial charge in [-0.25, -0.2) is 15.0 Å². The second kappa shape index (κ2) is 7.29. The summed E-state index contributed by atoms with van der Waals surface area (Å²) in [6.45, 7) is 0.0620. The topological polar surface area (TPSA) is 92.5 Å². The summed E-state index contributed by atoms with van der Waals surface area (Å²) >= 11 is 0.996. The van der Waals surface area contributed by atoms with Gasteiger partial charge < -0.3 is 14.6 Å². The molecule has 5 rings (SSSR count). The van der Waals surface area contributed by atoms with Crippen molar-refractivity contribution in [1.29, 1.82) is 0 Å². The van der Waals surface area contributed by atoms with Crippen LogP contribution in [-0.2, 0) is 4.79 Å². The number of amides is 2. The van der Waals surface area contributed by atoms with Crippen molar-refractivity contribution < 1.29 is 22.8 Å². The van der Waals surface area contributed by atoms with Crippen LogP contribution in [0.3, 0.4) is 0 Å². The number of carbonyl (C=O) groups excluding carboxylic acids is 2. The number of hydrogen-bond donors (Lipinski definition) is 1. The Bertz CT molecular complexity index is 1170. The first-order valence-corrected chi connectivity index (χ1v) is 10.6. The quantitative estimate of drug-likeness (QED) is 0.658. The number of halogens is 3. The minimum atomic E-state index is -4.45. The van der Waals surface area contributed by atoms with Crippen molar-refractivity contribution in [2.45, 2.75) is 37.9 Å². The number of likely N-dealkylation sites (tertiary alicyclic amines) is 1. The Morgan fingerprint density at radius 3 is 2.68 bits per heavy atom. The first kappa shape index (κ1) is 19.9. The Hall–Kier alpha value is -3.02. The molecule has 1 saturated carbocycles. The maximum Gasteiger partial charge on any atom is 0.408 e. The highest BCUT2D eigenvalue weighted by Gasteiger charge is 2.48. The molecule has 3 aromatic rings. The summed E-state index contributed by atoms with van der Waals surface area (Å²) in [5.41, 5.74) is 1.02. The third kappa shape index (κ3) is 3.87. The lowest BCUT2D eigenvalue weighted by Gasteiger charge is -2.25. The summed E-state index contributed by atoms with van der Waals surface area (Å²) in [6.07, 6.45) is 3.82. The normalized spacial score (nSPS) is 19.2. The van der Waals surface area contributed by atoms with E-state index in [0.717, 1.165) is 29.1 Å². The van der Waals surface area contributed by atoms with Gasteiger partial charge in [0.05, 0.1) is 23.0 Å². The molecule has 1 atom stereocenters. The maximum absolute atomic E-state index is 13.2. The molecule has 1 unspecified atom stereocenters. The number of anilines is 1. The molecular weight excluding hydrogens is 433 g/mol. The van der Waals surface area contributed by atoms with Crippen LogP contribution < -0.4 is 5.32 Å². The fourth-order valence-electron chi connectivity index (χ4n) is 3.62. The van der Waals surface area contributed by atoms with Gasteiger partial charge in [0, 0.05) is 24.9 Å². The van der Waals surface area contributed by atoms with Gasteiger partial charge in [-0.1, -0.05) is 0 Å². The van der Waals surface area contributed by atoms with Crippen LogP contribution in [0.1, 0.15) is 35.5 Å². The highest BCUT2D eigenvalue weighted by molar-refractivity contribution is 7.16. The maximum atomic E-state index is 13.2. The minimum absolute atomic E-state index is 0.00364. The van der Waals surface area contributed by atoms with Crippen molar-refractivity contribution in [3.63, 3.8) is 0 Å².